The highest BCUT2D eigenvalue weighted by molar-refractivity contribution is 6.42. The number of hydrogen-bond donors (Lipinski definition) is 2. The minimum Gasteiger partial charge on any atom is -0.384 e. The molecule has 25 heavy (non-hydrogen) atoms. The first-order valence-corrected chi connectivity index (χ1v) is 9.48. The lowest BCUT2D eigenvalue weighted by Crippen LogP contribution is -2.10. The molecule has 0 unspecified atom stereocenters. The monoisotopic (exact) mass is 376 g/mol. The van der Waals surface area contributed by atoms with Gasteiger partial charge in [0.25, 0.3) is 0 Å². The van der Waals surface area contributed by atoms with E-state index in [4.69, 9.17) is 23.2 Å². The lowest BCUT2D eigenvalue weighted by Gasteiger charge is -2.16. The molecule has 2 aromatic rings. The molecule has 0 amide bonds. The summed E-state index contributed by atoms with van der Waals surface area (Å²) < 4.78 is 0. The van der Waals surface area contributed by atoms with Gasteiger partial charge in [-0.15, -0.1) is 0 Å². The highest BCUT2D eigenvalue weighted by Gasteiger charge is 2.11. The quantitative estimate of drug-likeness (QED) is 0.520. The van der Waals surface area contributed by atoms with Crippen molar-refractivity contribution < 1.29 is 0 Å². The average Bonchev–Trinajstić information content (AvgIpc) is 2.63. The molecule has 0 aliphatic carbocycles. The second kappa shape index (κ2) is 10.5. The van der Waals surface area contributed by atoms with Crippen LogP contribution < -0.4 is 10.6 Å². The first-order valence-electron chi connectivity index (χ1n) is 8.72. The maximum atomic E-state index is 6.26. The van der Waals surface area contributed by atoms with E-state index >= 15 is 0 Å². The maximum Gasteiger partial charge on any atom is 0.0613 e. The maximum absolute atomic E-state index is 6.26. The average molecular weight is 377 g/mol. The first-order chi connectivity index (χ1) is 12.2. The fourth-order valence-electron chi connectivity index (χ4n) is 2.81. The zero-order valence-electron chi connectivity index (χ0n) is 14.9. The zero-order valence-corrected chi connectivity index (χ0v) is 16.4. The van der Waals surface area contributed by atoms with E-state index in [2.05, 4.69) is 47.9 Å². The van der Waals surface area contributed by atoms with Crippen molar-refractivity contribution in [1.82, 2.24) is 5.32 Å². The van der Waals surface area contributed by atoms with Gasteiger partial charge in [0.2, 0.25) is 0 Å². The molecule has 0 atom stereocenters. The molecule has 2 rings (SSSR count). The van der Waals surface area contributed by atoms with Crippen molar-refractivity contribution in [3.8, 4) is 0 Å². The molecule has 4 heteroatoms. The summed E-state index contributed by atoms with van der Waals surface area (Å²) in [5.74, 6) is 0. The highest BCUT2D eigenvalue weighted by atomic mass is 35.5. The number of nitrogens with one attached hydrogen (secondary N) is 2. The van der Waals surface area contributed by atoms with Crippen molar-refractivity contribution in [2.75, 3.05) is 25.5 Å². The zero-order chi connectivity index (χ0) is 18.1. The fourth-order valence-corrected chi connectivity index (χ4v) is 3.14. The lowest BCUT2D eigenvalue weighted by atomic mass is 10.00. The van der Waals surface area contributed by atoms with E-state index in [1.165, 1.54) is 11.1 Å². The number of hydrogen-bond acceptors (Lipinski definition) is 2. The summed E-state index contributed by atoms with van der Waals surface area (Å²) in [6.45, 7) is 3.88. The Balaban J connectivity index is 2.06. The molecule has 0 saturated heterocycles. The van der Waals surface area contributed by atoms with Crippen LogP contribution >= 0.6 is 23.2 Å². The van der Waals surface area contributed by atoms with Gasteiger partial charge in [-0.3, -0.25) is 0 Å². The van der Waals surface area contributed by atoms with E-state index in [1.54, 1.807) is 0 Å². The highest BCUT2D eigenvalue weighted by Crippen LogP contribution is 2.34. The Labute approximate surface area is 161 Å². The van der Waals surface area contributed by atoms with Crippen LogP contribution in [0.2, 0.25) is 10.0 Å². The number of halogens is 2. The van der Waals surface area contributed by atoms with Gasteiger partial charge in [0.15, 0.2) is 0 Å². The first kappa shape index (κ1) is 19.8. The van der Waals surface area contributed by atoms with Crippen molar-refractivity contribution >= 4 is 34.5 Å². The van der Waals surface area contributed by atoms with Crippen LogP contribution in [0.4, 0.5) is 5.69 Å². The Kier molecular flexibility index (Phi) is 8.33. The Hall–Kier alpha value is -1.48. The normalized spacial score (nSPS) is 11.6. The molecule has 2 N–H and O–H groups in total. The third kappa shape index (κ3) is 6.07. The van der Waals surface area contributed by atoms with Gasteiger partial charge in [-0.1, -0.05) is 59.6 Å². The Morgan fingerprint density at radius 1 is 1.04 bits per heavy atom. The third-order valence-electron chi connectivity index (χ3n) is 4.20. The second-order valence-electron chi connectivity index (χ2n) is 6.00. The van der Waals surface area contributed by atoms with Gasteiger partial charge >= 0.3 is 0 Å². The van der Waals surface area contributed by atoms with E-state index in [9.17, 15) is 0 Å². The van der Waals surface area contributed by atoms with Gasteiger partial charge in [0.1, 0.15) is 0 Å². The van der Waals surface area contributed by atoms with Crippen molar-refractivity contribution in [3.63, 3.8) is 0 Å². The molecule has 0 spiro atoms. The lowest BCUT2D eigenvalue weighted by molar-refractivity contribution is 0.815. The number of allylic oxidation sites excluding steroid dienone is 1. The SMILES string of the molecule is C/C=C(\CCNC)c1cc(Cl)c(Cl)cc1NCCCc1ccccc1. The molecule has 0 aliphatic heterocycles. The van der Waals surface area contributed by atoms with Crippen LogP contribution in [0.15, 0.2) is 48.5 Å². The van der Waals surface area contributed by atoms with Crippen molar-refractivity contribution in [3.05, 3.63) is 69.7 Å². The minimum absolute atomic E-state index is 0.583. The minimum atomic E-state index is 0.583. The molecule has 0 aliphatic rings. The smallest absolute Gasteiger partial charge is 0.0613 e. The summed E-state index contributed by atoms with van der Waals surface area (Å²) >= 11 is 12.5. The summed E-state index contributed by atoms with van der Waals surface area (Å²) in [5, 5.41) is 7.91. The standard InChI is InChI=1S/C21H26Cl2N2/c1-3-17(11-13-24-2)18-14-19(22)20(23)15-21(18)25-12-7-10-16-8-5-4-6-9-16/h3-6,8-9,14-15,24-25H,7,10-13H2,1-2H3/b17-3+. The van der Waals surface area contributed by atoms with E-state index in [0.717, 1.165) is 43.6 Å². The second-order valence-corrected chi connectivity index (χ2v) is 6.81. The fraction of sp³-hybridized carbons (Fsp3) is 0.333. The van der Waals surface area contributed by atoms with Gasteiger partial charge in [-0.05, 0) is 63.0 Å². The predicted molar refractivity (Wildman–Crippen MR) is 112 cm³/mol. The van der Waals surface area contributed by atoms with Gasteiger partial charge in [0.05, 0.1) is 10.0 Å². The molecule has 134 valence electrons. The third-order valence-corrected chi connectivity index (χ3v) is 4.92. The molecule has 0 aromatic heterocycles. The van der Waals surface area contributed by atoms with Crippen LogP contribution in [0.3, 0.4) is 0 Å². The van der Waals surface area contributed by atoms with Crippen molar-refractivity contribution in [2.45, 2.75) is 26.2 Å². The van der Waals surface area contributed by atoms with Gasteiger partial charge in [-0.2, -0.15) is 0 Å². The molecule has 0 heterocycles. The van der Waals surface area contributed by atoms with Crippen LogP contribution in [0, 0.1) is 0 Å². The van der Waals surface area contributed by atoms with E-state index in [0.29, 0.717) is 10.0 Å². The largest absolute Gasteiger partial charge is 0.384 e. The Bertz CT molecular complexity index is 697. The summed E-state index contributed by atoms with van der Waals surface area (Å²) in [7, 11) is 1.96. The summed E-state index contributed by atoms with van der Waals surface area (Å²) in [6, 6.07) is 14.5. The van der Waals surface area contributed by atoms with Crippen molar-refractivity contribution in [2.24, 2.45) is 0 Å². The van der Waals surface area contributed by atoms with Crippen LogP contribution in [0.1, 0.15) is 30.9 Å². The molecule has 0 saturated carbocycles. The topological polar surface area (TPSA) is 24.1 Å². The number of benzene rings is 2. The Morgan fingerprint density at radius 3 is 2.44 bits per heavy atom. The van der Waals surface area contributed by atoms with E-state index < -0.39 is 0 Å². The van der Waals surface area contributed by atoms with E-state index in [1.807, 2.05) is 25.2 Å². The Morgan fingerprint density at radius 2 is 1.76 bits per heavy atom. The summed E-state index contributed by atoms with van der Waals surface area (Å²) in [4.78, 5) is 0. The predicted octanol–water partition coefficient (Wildman–Crippen LogP) is 6.05. The molecule has 2 nitrogen and oxygen atoms in total. The molecule has 0 fully saturated rings. The van der Waals surface area contributed by atoms with Crippen LogP contribution in [0.5, 0.6) is 0 Å². The molecule has 0 bridgehead atoms. The van der Waals surface area contributed by atoms with E-state index in [-0.39, 0.29) is 0 Å². The van der Waals surface area contributed by atoms with Gasteiger partial charge < -0.3 is 10.6 Å². The molecule has 0 radical (unpaired) electrons. The molecule has 2 aromatic carbocycles. The molecular formula is C21H26Cl2N2. The van der Waals surface area contributed by atoms with Gasteiger partial charge in [-0.25, -0.2) is 0 Å². The number of aryl methyl sites for hydroxylation is 1. The van der Waals surface area contributed by atoms with Crippen LogP contribution in [-0.4, -0.2) is 20.1 Å². The molecular weight excluding hydrogens is 351 g/mol. The summed E-state index contributed by atoms with van der Waals surface area (Å²) in [5.41, 5.74) is 4.80. The number of anilines is 1. The number of rotatable bonds is 9. The van der Waals surface area contributed by atoms with Crippen LogP contribution in [0.25, 0.3) is 5.57 Å². The van der Waals surface area contributed by atoms with Gasteiger partial charge in [0, 0.05) is 17.8 Å². The van der Waals surface area contributed by atoms with Crippen LogP contribution in [-0.2, 0) is 6.42 Å². The summed E-state index contributed by atoms with van der Waals surface area (Å²) in [6.07, 6.45) is 5.21. The van der Waals surface area contributed by atoms with Crippen molar-refractivity contribution in [1.29, 1.82) is 0 Å².